The number of rotatable bonds is 28. The molecule has 4 atom stereocenters. The van der Waals surface area contributed by atoms with Crippen molar-refractivity contribution in [3.8, 4) is 46.0 Å². The number of carbonyl (C=O) groups excluding carboxylic acids is 8. The Balaban J connectivity index is 1.03. The molecule has 4 aliphatic rings. The topological polar surface area (TPSA) is 248 Å². The highest BCUT2D eigenvalue weighted by atomic mass is 32.1. The van der Waals surface area contributed by atoms with Crippen molar-refractivity contribution in [2.45, 2.75) is 116 Å². The number of carbonyl (C=O) groups is 8. The molecule has 22 heteroatoms. The quantitative estimate of drug-likeness (QED) is 0.0152. The Morgan fingerprint density at radius 2 is 0.679 bits per heavy atom. The Labute approximate surface area is 618 Å². The second-order valence-electron chi connectivity index (χ2n) is 28.1. The molecule has 0 radical (unpaired) electrons. The Morgan fingerprint density at radius 1 is 0.406 bits per heavy atom. The van der Waals surface area contributed by atoms with Crippen LogP contribution in [0.2, 0.25) is 0 Å². The molecular formula is C84H76N4O16S2. The molecule has 0 spiro atoms. The molecule has 4 aliphatic heterocycles. The van der Waals surface area contributed by atoms with Crippen LogP contribution in [0.4, 0.5) is 0 Å². The third kappa shape index (κ3) is 13.8. The minimum Gasteiger partial charge on any atom is -0.463 e. The predicted molar refractivity (Wildman–Crippen MR) is 402 cm³/mol. The molecule has 0 bridgehead atoms. The van der Waals surface area contributed by atoms with E-state index in [4.69, 9.17) is 37.9 Å². The summed E-state index contributed by atoms with van der Waals surface area (Å²) < 4.78 is 50.3. The van der Waals surface area contributed by atoms with E-state index in [-0.39, 0.29) is 163 Å². The first-order valence-corrected chi connectivity index (χ1v) is 37.3. The highest BCUT2D eigenvalue weighted by molar-refractivity contribution is 7.10. The molecular weight excluding hydrogens is 1390 g/mol. The first kappa shape index (κ1) is 70.6. The van der Waals surface area contributed by atoms with Gasteiger partial charge in [0, 0.05) is 65.9 Å². The van der Waals surface area contributed by atoms with Crippen LogP contribution in [0.25, 0.3) is 43.1 Å². The van der Waals surface area contributed by atoms with Crippen LogP contribution in [-0.2, 0) is 38.1 Å². The fraction of sp³-hybridized carbons (Fsp3) is 0.286. The number of nitrogens with one attached hydrogen (secondary N) is 2. The zero-order valence-corrected chi connectivity index (χ0v) is 61.2. The lowest BCUT2D eigenvalue weighted by molar-refractivity contribution is -0.145. The van der Waals surface area contributed by atoms with Gasteiger partial charge in [-0.25, -0.2) is 0 Å². The van der Waals surface area contributed by atoms with Crippen LogP contribution in [0.1, 0.15) is 177 Å². The number of benzene rings is 9. The Morgan fingerprint density at radius 3 is 0.915 bits per heavy atom. The largest absolute Gasteiger partial charge is 0.463 e. The van der Waals surface area contributed by atoms with Gasteiger partial charge in [-0.1, -0.05) is 116 Å². The van der Waals surface area contributed by atoms with E-state index in [2.05, 4.69) is 66.0 Å². The SMILES string of the molecule is CC(C)c1ccc(Oc2cc3c4c(cc(Oc5ccc(C(C)C)cc5)c5c6c(Oc7ccc(C(C)C)cc7)cc7c8c(cc(Oc9ccc(C(C)C)cc9)c(c2c45)c86)C(=O)N(C(C(=O)NCCC(=O)OCC2CO2)c2cccs2)C7=O)C(=O)N(C(C(=O)NCCC(=O)OCC2CO2)c2cccs2)C3=O)cc1. The monoisotopic (exact) mass is 1460 g/mol. The Hall–Kier alpha value is -11.0. The van der Waals surface area contributed by atoms with Crippen LogP contribution < -0.4 is 29.6 Å². The summed E-state index contributed by atoms with van der Waals surface area (Å²) in [4.78, 5) is 124. The van der Waals surface area contributed by atoms with E-state index in [0.29, 0.717) is 46.0 Å². The van der Waals surface area contributed by atoms with E-state index >= 15 is 28.8 Å². The third-order valence-electron chi connectivity index (χ3n) is 19.6. The predicted octanol–water partition coefficient (Wildman–Crippen LogP) is 17.1. The smallest absolute Gasteiger partial charge is 0.307 e. The van der Waals surface area contributed by atoms with E-state index in [1.54, 1.807) is 59.3 Å². The minimum absolute atomic E-state index is 0.0485. The van der Waals surface area contributed by atoms with Gasteiger partial charge in [-0.2, -0.15) is 0 Å². The van der Waals surface area contributed by atoms with Crippen LogP contribution in [0.3, 0.4) is 0 Å². The number of esters is 2. The van der Waals surface area contributed by atoms with Gasteiger partial charge in [0.15, 0.2) is 12.1 Å². The summed E-state index contributed by atoms with van der Waals surface area (Å²) in [6, 6.07) is 39.8. The van der Waals surface area contributed by atoms with Crippen molar-refractivity contribution >= 4 is 113 Å². The van der Waals surface area contributed by atoms with Gasteiger partial charge in [-0.05, 0) is 142 Å². The molecule has 6 heterocycles. The molecule has 15 rings (SSSR count). The molecule has 540 valence electrons. The van der Waals surface area contributed by atoms with E-state index in [9.17, 15) is 9.59 Å². The summed E-state index contributed by atoms with van der Waals surface area (Å²) in [6.45, 7) is 17.3. The normalized spacial score (nSPS) is 15.9. The van der Waals surface area contributed by atoms with E-state index < -0.39 is 59.5 Å². The number of imide groups is 2. The van der Waals surface area contributed by atoms with Gasteiger partial charge in [-0.15, -0.1) is 22.7 Å². The van der Waals surface area contributed by atoms with Crippen molar-refractivity contribution in [3.05, 3.63) is 211 Å². The lowest BCUT2D eigenvalue weighted by Crippen LogP contribution is -2.48. The van der Waals surface area contributed by atoms with E-state index in [1.165, 1.54) is 0 Å². The molecule has 20 nitrogen and oxygen atoms in total. The van der Waals surface area contributed by atoms with Gasteiger partial charge >= 0.3 is 11.9 Å². The first-order chi connectivity index (χ1) is 51.2. The molecule has 2 fully saturated rings. The average Bonchev–Trinajstić information content (AvgIpc) is 0.946. The summed E-state index contributed by atoms with van der Waals surface area (Å²) in [6.07, 6.45) is -0.785. The zero-order chi connectivity index (χ0) is 73.9. The molecule has 11 aromatic rings. The number of epoxide rings is 2. The van der Waals surface area contributed by atoms with Gasteiger partial charge < -0.3 is 48.5 Å². The molecule has 2 N–H and O–H groups in total. The van der Waals surface area contributed by atoms with Gasteiger partial charge in [0.2, 0.25) is 11.8 Å². The number of ether oxygens (including phenoxy) is 8. The lowest BCUT2D eigenvalue weighted by Gasteiger charge is -2.35. The summed E-state index contributed by atoms with van der Waals surface area (Å²) in [7, 11) is 0. The van der Waals surface area contributed by atoms with Gasteiger partial charge in [0.05, 0.1) is 48.3 Å². The molecule has 106 heavy (non-hydrogen) atoms. The average molecular weight is 1460 g/mol. The fourth-order valence-electron chi connectivity index (χ4n) is 13.8. The maximum atomic E-state index is 16.5. The second-order valence-corrected chi connectivity index (χ2v) is 30.1. The van der Waals surface area contributed by atoms with Crippen LogP contribution in [0.5, 0.6) is 46.0 Å². The van der Waals surface area contributed by atoms with Gasteiger partial charge in [-0.3, -0.25) is 48.2 Å². The molecule has 0 aliphatic carbocycles. The number of thiophene rings is 2. The third-order valence-corrected chi connectivity index (χ3v) is 21.5. The first-order valence-electron chi connectivity index (χ1n) is 35.6. The number of nitrogens with zero attached hydrogens (tertiary/aromatic N) is 2. The molecule has 9 aromatic carbocycles. The molecule has 6 amide bonds. The maximum absolute atomic E-state index is 16.5. The highest BCUT2D eigenvalue weighted by Gasteiger charge is 2.48. The standard InChI is InChI=1S/C84H76N4O16S2/c1-43(2)47-13-21-51(22-14-47)101-61-35-57-69-58(82(94)87(81(57)93)77(65-11-9-33-105-65)79(91)85-31-29-67(89)99-41-55-39-97-55)37-63(103-53-25-17-49(18-26-53)45(5)6)73-74-64(104-54-27-19-50(20-28-54)46(7)8)38-60-70-59(36-62(72(76(70)74)71(61)75(69)73)102-52-23-15-48(16-24-52)44(3)4)83(95)88(84(60)96)78(66-12-10-34-106-66)80(92)86-32-30-68(90)100-42-56-40-98-56/h9-28,33-38,43-46,55-56,77-78H,29-32,39-42H2,1-8H3,(H,85,91)(H,86,92). The maximum Gasteiger partial charge on any atom is 0.307 e. The summed E-state index contributed by atoms with van der Waals surface area (Å²) in [5, 5.41) is 10.9. The van der Waals surface area contributed by atoms with Gasteiger partial charge in [0.25, 0.3) is 23.6 Å². The van der Waals surface area contributed by atoms with Crippen molar-refractivity contribution in [1.82, 2.24) is 20.4 Å². The Bertz CT molecular complexity index is 4720. The molecule has 4 unspecified atom stereocenters. The van der Waals surface area contributed by atoms with E-state index in [0.717, 1.165) is 54.7 Å². The second kappa shape index (κ2) is 29.1. The fourth-order valence-corrected chi connectivity index (χ4v) is 15.4. The van der Waals surface area contributed by atoms with Crippen LogP contribution in [0.15, 0.2) is 156 Å². The van der Waals surface area contributed by atoms with Crippen molar-refractivity contribution < 1.29 is 76.3 Å². The molecule has 2 saturated heterocycles. The van der Waals surface area contributed by atoms with Gasteiger partial charge in [0.1, 0.15) is 71.4 Å². The summed E-state index contributed by atoms with van der Waals surface area (Å²) in [5.41, 5.74) is 3.83. The van der Waals surface area contributed by atoms with Crippen molar-refractivity contribution in [2.75, 3.05) is 39.5 Å². The van der Waals surface area contributed by atoms with E-state index in [1.807, 2.05) is 97.1 Å². The highest BCUT2D eigenvalue weighted by Crippen LogP contribution is 2.59. The van der Waals surface area contributed by atoms with Crippen molar-refractivity contribution in [1.29, 1.82) is 0 Å². The number of hydrogen-bond acceptors (Lipinski definition) is 18. The number of hydrogen-bond donors (Lipinski definition) is 2. The zero-order valence-electron chi connectivity index (χ0n) is 59.5. The Kier molecular flexibility index (Phi) is 19.4. The van der Waals surface area contributed by atoms with Crippen molar-refractivity contribution in [2.24, 2.45) is 0 Å². The van der Waals surface area contributed by atoms with Crippen molar-refractivity contribution in [3.63, 3.8) is 0 Å². The summed E-state index contributed by atoms with van der Waals surface area (Å²) >= 11 is 2.32. The molecule has 0 saturated carbocycles. The van der Waals surface area contributed by atoms with Crippen LogP contribution in [0, 0.1) is 0 Å². The lowest BCUT2D eigenvalue weighted by atomic mass is 9.80. The summed E-state index contributed by atoms with van der Waals surface area (Å²) in [5.74, 6) is -4.08. The van der Waals surface area contributed by atoms with Crippen LogP contribution in [-0.4, -0.2) is 109 Å². The number of fused-ring (bicyclic) bond motifs is 2. The minimum atomic E-state index is -1.58. The van der Waals surface area contributed by atoms with Crippen LogP contribution >= 0.6 is 22.7 Å². The molecule has 2 aromatic heterocycles. The number of amides is 6.